The van der Waals surface area contributed by atoms with Crippen molar-refractivity contribution in [2.45, 2.75) is 10.6 Å². The molecule has 2 aromatic rings. The van der Waals surface area contributed by atoms with Crippen LogP contribution in [0.2, 0.25) is 0 Å². The Bertz CT molecular complexity index is 510. The van der Waals surface area contributed by atoms with E-state index in [0.29, 0.717) is 5.69 Å². The maximum absolute atomic E-state index is 13.1. The predicted molar refractivity (Wildman–Crippen MR) is 74.5 cm³/mol. The second kappa shape index (κ2) is 5.56. The van der Waals surface area contributed by atoms with Gasteiger partial charge in [-0.2, -0.15) is 0 Å². The molecule has 0 bridgehead atoms. The molecule has 2 N–H and O–H groups in total. The number of rotatable bonds is 3. The molecule has 0 unspecified atom stereocenters. The molecule has 0 aromatic heterocycles. The fourth-order valence-corrected chi connectivity index (χ4v) is 2.84. The van der Waals surface area contributed by atoms with Gasteiger partial charge in [-0.15, -0.1) is 11.8 Å². The minimum atomic E-state index is -0.290. The topological polar surface area (TPSA) is 26.0 Å². The highest BCUT2D eigenvalue weighted by molar-refractivity contribution is 9.10. The van der Waals surface area contributed by atoms with Crippen molar-refractivity contribution in [1.82, 2.24) is 0 Å². The summed E-state index contributed by atoms with van der Waals surface area (Å²) in [6, 6.07) is 12.7. The molecule has 0 atom stereocenters. The highest BCUT2D eigenvalue weighted by Crippen LogP contribution is 2.26. The van der Waals surface area contributed by atoms with E-state index in [-0.39, 0.29) is 5.82 Å². The molecule has 0 saturated carbocycles. The van der Waals surface area contributed by atoms with Gasteiger partial charge in [-0.05, 0) is 35.9 Å². The van der Waals surface area contributed by atoms with E-state index in [1.165, 1.54) is 17.7 Å². The van der Waals surface area contributed by atoms with Crippen LogP contribution in [0, 0.1) is 5.82 Å². The van der Waals surface area contributed by atoms with Gasteiger partial charge in [0, 0.05) is 20.8 Å². The zero-order valence-corrected chi connectivity index (χ0v) is 11.4. The first-order valence-electron chi connectivity index (χ1n) is 5.07. The molecule has 0 radical (unpaired) electrons. The number of halogens is 2. The van der Waals surface area contributed by atoms with Crippen LogP contribution in [-0.4, -0.2) is 0 Å². The van der Waals surface area contributed by atoms with Gasteiger partial charge in [-0.1, -0.05) is 28.1 Å². The normalized spacial score (nSPS) is 10.5. The Labute approximate surface area is 112 Å². The molecule has 2 aromatic carbocycles. The lowest BCUT2D eigenvalue weighted by Crippen LogP contribution is -1.88. The average Bonchev–Trinajstić information content (AvgIpc) is 2.25. The molecule has 0 aliphatic carbocycles. The van der Waals surface area contributed by atoms with Gasteiger partial charge in [0.05, 0.1) is 0 Å². The summed E-state index contributed by atoms with van der Waals surface area (Å²) in [7, 11) is 0. The van der Waals surface area contributed by atoms with Crippen LogP contribution in [0.15, 0.2) is 51.8 Å². The third-order valence-corrected chi connectivity index (χ3v) is 3.73. The zero-order chi connectivity index (χ0) is 12.3. The molecule has 0 heterocycles. The number of thioether (sulfide) groups is 1. The lowest BCUT2D eigenvalue weighted by atomic mass is 10.2. The average molecular weight is 312 g/mol. The Kier molecular flexibility index (Phi) is 4.07. The SMILES string of the molecule is Nc1cc(F)cc(SCc2cccc(Br)c2)c1. The van der Waals surface area contributed by atoms with Crippen molar-refractivity contribution in [3.63, 3.8) is 0 Å². The van der Waals surface area contributed by atoms with Crippen molar-refractivity contribution in [2.24, 2.45) is 0 Å². The van der Waals surface area contributed by atoms with Crippen molar-refractivity contribution >= 4 is 33.4 Å². The number of nitrogen functional groups attached to an aromatic ring is 1. The summed E-state index contributed by atoms with van der Waals surface area (Å²) in [5.74, 6) is 0.504. The van der Waals surface area contributed by atoms with E-state index in [4.69, 9.17) is 5.73 Å². The molecule has 2 rings (SSSR count). The van der Waals surface area contributed by atoms with E-state index in [1.54, 1.807) is 17.8 Å². The van der Waals surface area contributed by atoms with Gasteiger partial charge in [-0.25, -0.2) is 4.39 Å². The number of hydrogen-bond donors (Lipinski definition) is 1. The molecule has 0 spiro atoms. The summed E-state index contributed by atoms with van der Waals surface area (Å²) >= 11 is 4.99. The van der Waals surface area contributed by atoms with Gasteiger partial charge >= 0.3 is 0 Å². The van der Waals surface area contributed by atoms with Crippen LogP contribution in [0.3, 0.4) is 0 Å². The monoisotopic (exact) mass is 311 g/mol. The van der Waals surface area contributed by atoms with Gasteiger partial charge in [0.1, 0.15) is 5.82 Å². The molecule has 0 aliphatic heterocycles. The number of benzene rings is 2. The molecule has 0 saturated heterocycles. The van der Waals surface area contributed by atoms with Crippen molar-refractivity contribution in [2.75, 3.05) is 5.73 Å². The summed E-state index contributed by atoms with van der Waals surface area (Å²) < 4.78 is 14.2. The van der Waals surface area contributed by atoms with Gasteiger partial charge in [-0.3, -0.25) is 0 Å². The third kappa shape index (κ3) is 3.75. The first kappa shape index (κ1) is 12.5. The minimum Gasteiger partial charge on any atom is -0.399 e. The molecule has 88 valence electrons. The quantitative estimate of drug-likeness (QED) is 0.669. The lowest BCUT2D eigenvalue weighted by Gasteiger charge is -2.04. The van der Waals surface area contributed by atoms with Crippen molar-refractivity contribution in [1.29, 1.82) is 0 Å². The van der Waals surface area contributed by atoms with Gasteiger partial charge in [0.25, 0.3) is 0 Å². The molecule has 0 fully saturated rings. The second-order valence-corrected chi connectivity index (χ2v) is 5.60. The molecule has 4 heteroatoms. The fraction of sp³-hybridized carbons (Fsp3) is 0.0769. The molecule has 0 aliphatic rings. The summed E-state index contributed by atoms with van der Waals surface area (Å²) in [6.07, 6.45) is 0. The molecule has 1 nitrogen and oxygen atoms in total. The van der Waals surface area contributed by atoms with E-state index in [1.807, 2.05) is 18.2 Å². The Morgan fingerprint density at radius 3 is 2.71 bits per heavy atom. The standard InChI is InChI=1S/C13H11BrFNS/c14-10-3-1-2-9(4-10)8-17-13-6-11(15)5-12(16)7-13/h1-7H,8,16H2. The first-order chi connectivity index (χ1) is 8.13. The van der Waals surface area contributed by atoms with E-state index in [0.717, 1.165) is 15.1 Å². The Morgan fingerprint density at radius 1 is 1.18 bits per heavy atom. The lowest BCUT2D eigenvalue weighted by molar-refractivity contribution is 0.625. The van der Waals surface area contributed by atoms with Gasteiger partial charge < -0.3 is 5.73 Å². The number of anilines is 1. The van der Waals surface area contributed by atoms with Gasteiger partial charge in [0.15, 0.2) is 0 Å². The van der Waals surface area contributed by atoms with Crippen LogP contribution in [0.25, 0.3) is 0 Å². The molecule has 0 amide bonds. The predicted octanol–water partition coefficient (Wildman–Crippen LogP) is 4.46. The summed E-state index contributed by atoms with van der Waals surface area (Å²) in [6.45, 7) is 0. The van der Waals surface area contributed by atoms with Crippen LogP contribution in [0.1, 0.15) is 5.56 Å². The summed E-state index contributed by atoms with van der Waals surface area (Å²) in [4.78, 5) is 0.850. The maximum Gasteiger partial charge on any atom is 0.126 e. The maximum atomic E-state index is 13.1. The van der Waals surface area contributed by atoms with Crippen LogP contribution in [-0.2, 0) is 5.75 Å². The Balaban J connectivity index is 2.07. The Hall–Kier alpha value is -1.00. The van der Waals surface area contributed by atoms with Crippen molar-refractivity contribution in [3.05, 3.63) is 58.3 Å². The third-order valence-electron chi connectivity index (χ3n) is 2.19. The van der Waals surface area contributed by atoms with Gasteiger partial charge in [0.2, 0.25) is 0 Å². The molecule has 17 heavy (non-hydrogen) atoms. The molecular weight excluding hydrogens is 301 g/mol. The van der Waals surface area contributed by atoms with Crippen LogP contribution < -0.4 is 5.73 Å². The van der Waals surface area contributed by atoms with Crippen LogP contribution in [0.4, 0.5) is 10.1 Å². The minimum absolute atomic E-state index is 0.290. The highest BCUT2D eigenvalue weighted by Gasteiger charge is 2.01. The Morgan fingerprint density at radius 2 is 2.00 bits per heavy atom. The molecular formula is C13H11BrFNS. The smallest absolute Gasteiger partial charge is 0.126 e. The van der Waals surface area contributed by atoms with Crippen molar-refractivity contribution in [3.8, 4) is 0 Å². The van der Waals surface area contributed by atoms with Crippen LogP contribution >= 0.6 is 27.7 Å². The number of nitrogens with two attached hydrogens (primary N) is 1. The number of hydrogen-bond acceptors (Lipinski definition) is 2. The van der Waals surface area contributed by atoms with E-state index in [9.17, 15) is 4.39 Å². The zero-order valence-electron chi connectivity index (χ0n) is 8.99. The first-order valence-corrected chi connectivity index (χ1v) is 6.85. The van der Waals surface area contributed by atoms with E-state index >= 15 is 0 Å². The van der Waals surface area contributed by atoms with Crippen LogP contribution in [0.5, 0.6) is 0 Å². The summed E-state index contributed by atoms with van der Waals surface area (Å²) in [5, 5.41) is 0. The highest BCUT2D eigenvalue weighted by atomic mass is 79.9. The summed E-state index contributed by atoms with van der Waals surface area (Å²) in [5.41, 5.74) is 7.24. The van der Waals surface area contributed by atoms with E-state index in [2.05, 4.69) is 22.0 Å². The van der Waals surface area contributed by atoms with Crippen molar-refractivity contribution < 1.29 is 4.39 Å². The van der Waals surface area contributed by atoms with E-state index < -0.39 is 0 Å². The largest absolute Gasteiger partial charge is 0.399 e. The second-order valence-electron chi connectivity index (χ2n) is 3.64. The fourth-order valence-electron chi connectivity index (χ4n) is 1.46.